The lowest BCUT2D eigenvalue weighted by atomic mass is 9.53. The Bertz CT molecular complexity index is 459. The van der Waals surface area contributed by atoms with Crippen LogP contribution in [0.3, 0.4) is 0 Å². The number of nitrogens with zero attached hydrogens (tertiary/aromatic N) is 2. The number of hydrogen-bond acceptors (Lipinski definition) is 3. The fourth-order valence-corrected chi connectivity index (χ4v) is 5.32. The molecule has 4 bridgehead atoms. The summed E-state index contributed by atoms with van der Waals surface area (Å²) in [5.74, 6) is 3.52. The molecule has 0 aliphatic heterocycles. The predicted octanol–water partition coefficient (Wildman–Crippen LogP) is 3.82. The van der Waals surface area contributed by atoms with E-state index in [9.17, 15) is 0 Å². The molecule has 0 atom stereocenters. The van der Waals surface area contributed by atoms with Crippen molar-refractivity contribution in [2.75, 3.05) is 5.32 Å². The molecule has 1 heterocycles. The Labute approximate surface area is 119 Å². The topological polar surface area (TPSA) is 37.8 Å². The van der Waals surface area contributed by atoms with Crippen LogP contribution in [0.25, 0.3) is 0 Å². The van der Waals surface area contributed by atoms with E-state index >= 15 is 0 Å². The van der Waals surface area contributed by atoms with Crippen LogP contribution >= 0.6 is 11.6 Å². The SMILES string of the molecule is Cc1cc(Cl)nc(NC23CC4CC(CC(C4)C2)C3)n1. The van der Waals surface area contributed by atoms with Crippen molar-refractivity contribution in [2.24, 2.45) is 17.8 Å². The van der Waals surface area contributed by atoms with E-state index in [4.69, 9.17) is 11.6 Å². The molecule has 4 aliphatic carbocycles. The van der Waals surface area contributed by atoms with Gasteiger partial charge in [0.25, 0.3) is 0 Å². The first-order valence-corrected chi connectivity index (χ1v) is 7.77. The van der Waals surface area contributed by atoms with Gasteiger partial charge in [0.05, 0.1) is 0 Å². The molecule has 0 spiro atoms. The average molecular weight is 278 g/mol. The quantitative estimate of drug-likeness (QED) is 0.835. The van der Waals surface area contributed by atoms with Gasteiger partial charge in [-0.3, -0.25) is 0 Å². The third-order valence-electron chi connectivity index (χ3n) is 5.24. The van der Waals surface area contributed by atoms with E-state index in [1.54, 1.807) is 0 Å². The third-order valence-corrected chi connectivity index (χ3v) is 5.43. The van der Waals surface area contributed by atoms with Crippen molar-refractivity contribution in [1.29, 1.82) is 0 Å². The second kappa shape index (κ2) is 4.08. The molecular formula is C15H20ClN3. The number of hydrogen-bond donors (Lipinski definition) is 1. The molecule has 4 heteroatoms. The van der Waals surface area contributed by atoms with Crippen molar-refractivity contribution in [3.63, 3.8) is 0 Å². The van der Waals surface area contributed by atoms with Crippen LogP contribution in [0, 0.1) is 24.7 Å². The fraction of sp³-hybridized carbons (Fsp3) is 0.733. The maximum atomic E-state index is 6.05. The summed E-state index contributed by atoms with van der Waals surface area (Å²) >= 11 is 6.05. The Hall–Kier alpha value is -0.830. The van der Waals surface area contributed by atoms with Crippen LogP contribution < -0.4 is 5.32 Å². The van der Waals surface area contributed by atoms with Gasteiger partial charge in [0.2, 0.25) is 5.95 Å². The summed E-state index contributed by atoms with van der Waals surface area (Å²) < 4.78 is 0. The van der Waals surface area contributed by atoms with Gasteiger partial charge in [-0.2, -0.15) is 0 Å². The zero-order chi connectivity index (χ0) is 13.0. The van der Waals surface area contributed by atoms with Crippen molar-refractivity contribution in [1.82, 2.24) is 9.97 Å². The zero-order valence-corrected chi connectivity index (χ0v) is 12.1. The van der Waals surface area contributed by atoms with E-state index in [0.717, 1.165) is 29.4 Å². The summed E-state index contributed by atoms with van der Waals surface area (Å²) in [6.45, 7) is 1.97. The first-order valence-electron chi connectivity index (χ1n) is 7.40. The summed E-state index contributed by atoms with van der Waals surface area (Å²) in [6, 6.07) is 1.81. The van der Waals surface area contributed by atoms with Crippen LogP contribution in [0.1, 0.15) is 44.2 Å². The van der Waals surface area contributed by atoms with Crippen LogP contribution in [0.2, 0.25) is 5.15 Å². The molecule has 0 radical (unpaired) electrons. The highest BCUT2D eigenvalue weighted by Gasteiger charge is 2.51. The molecule has 1 N–H and O–H groups in total. The number of nitrogens with one attached hydrogen (secondary N) is 1. The summed E-state index contributed by atoms with van der Waals surface area (Å²) in [5.41, 5.74) is 1.19. The van der Waals surface area contributed by atoms with E-state index in [0.29, 0.717) is 5.15 Å². The van der Waals surface area contributed by atoms with Gasteiger partial charge in [0, 0.05) is 11.2 Å². The minimum atomic E-state index is 0.256. The highest BCUT2D eigenvalue weighted by molar-refractivity contribution is 6.29. The van der Waals surface area contributed by atoms with Crippen molar-refractivity contribution < 1.29 is 0 Å². The lowest BCUT2D eigenvalue weighted by molar-refractivity contribution is 0.0103. The van der Waals surface area contributed by atoms with Crippen LogP contribution in [-0.2, 0) is 0 Å². The predicted molar refractivity (Wildman–Crippen MR) is 76.3 cm³/mol. The molecular weight excluding hydrogens is 258 g/mol. The van der Waals surface area contributed by atoms with E-state index in [1.165, 1.54) is 38.5 Å². The van der Waals surface area contributed by atoms with Gasteiger partial charge in [-0.1, -0.05) is 11.6 Å². The summed E-state index contributed by atoms with van der Waals surface area (Å²) in [5, 5.41) is 4.20. The Kier molecular flexibility index (Phi) is 2.57. The van der Waals surface area contributed by atoms with Gasteiger partial charge in [0.1, 0.15) is 5.15 Å². The van der Waals surface area contributed by atoms with Crippen molar-refractivity contribution in [2.45, 2.75) is 51.0 Å². The molecule has 1 aromatic heterocycles. The van der Waals surface area contributed by atoms with Gasteiger partial charge < -0.3 is 5.32 Å². The van der Waals surface area contributed by atoms with E-state index in [-0.39, 0.29) is 5.54 Å². The summed E-state index contributed by atoms with van der Waals surface area (Å²) in [7, 11) is 0. The van der Waals surface area contributed by atoms with Crippen molar-refractivity contribution in [3.8, 4) is 0 Å². The second-order valence-electron chi connectivity index (χ2n) is 6.98. The first kappa shape index (κ1) is 12.0. The summed E-state index contributed by atoms with van der Waals surface area (Å²) in [4.78, 5) is 8.86. The highest BCUT2D eigenvalue weighted by atomic mass is 35.5. The molecule has 0 amide bonds. The molecule has 19 heavy (non-hydrogen) atoms. The molecule has 1 aromatic rings. The zero-order valence-electron chi connectivity index (χ0n) is 11.3. The lowest BCUT2D eigenvalue weighted by Gasteiger charge is -2.56. The molecule has 0 unspecified atom stereocenters. The van der Waals surface area contributed by atoms with Crippen LogP contribution in [0.15, 0.2) is 6.07 Å². The van der Waals surface area contributed by atoms with Crippen molar-refractivity contribution in [3.05, 3.63) is 16.9 Å². The van der Waals surface area contributed by atoms with Gasteiger partial charge in [-0.15, -0.1) is 0 Å². The molecule has 0 saturated heterocycles. The minimum Gasteiger partial charge on any atom is -0.349 e. The Morgan fingerprint density at radius 1 is 1.11 bits per heavy atom. The van der Waals surface area contributed by atoms with Gasteiger partial charge in [-0.05, 0) is 69.3 Å². The minimum absolute atomic E-state index is 0.256. The Balaban J connectivity index is 1.62. The van der Waals surface area contributed by atoms with Gasteiger partial charge >= 0.3 is 0 Å². The molecule has 5 rings (SSSR count). The monoisotopic (exact) mass is 277 g/mol. The molecule has 4 aliphatic rings. The van der Waals surface area contributed by atoms with Crippen LogP contribution in [0.4, 0.5) is 5.95 Å². The Morgan fingerprint density at radius 3 is 2.21 bits per heavy atom. The van der Waals surface area contributed by atoms with E-state index < -0.39 is 0 Å². The number of rotatable bonds is 2. The van der Waals surface area contributed by atoms with Crippen LogP contribution in [-0.4, -0.2) is 15.5 Å². The van der Waals surface area contributed by atoms with Gasteiger partial charge in [-0.25, -0.2) is 9.97 Å². The Morgan fingerprint density at radius 2 is 1.68 bits per heavy atom. The number of aromatic nitrogens is 2. The normalized spacial score (nSPS) is 39.6. The maximum absolute atomic E-state index is 6.05. The number of aryl methyl sites for hydroxylation is 1. The summed E-state index contributed by atoms with van der Waals surface area (Å²) in [6.07, 6.45) is 8.26. The standard InChI is InChI=1S/C15H20ClN3/c1-9-2-13(16)18-14(17-9)19-15-6-10-3-11(7-15)5-12(4-10)8-15/h2,10-12H,3-8H2,1H3,(H,17,18,19). The fourth-order valence-electron chi connectivity index (χ4n) is 5.09. The maximum Gasteiger partial charge on any atom is 0.224 e. The smallest absolute Gasteiger partial charge is 0.224 e. The third kappa shape index (κ3) is 2.12. The lowest BCUT2D eigenvalue weighted by Crippen LogP contribution is -2.55. The van der Waals surface area contributed by atoms with E-state index in [1.807, 2.05) is 13.0 Å². The van der Waals surface area contributed by atoms with Crippen molar-refractivity contribution >= 4 is 17.5 Å². The molecule has 102 valence electrons. The largest absolute Gasteiger partial charge is 0.349 e. The number of halogens is 1. The molecule has 0 aromatic carbocycles. The first-order chi connectivity index (χ1) is 9.10. The van der Waals surface area contributed by atoms with Crippen LogP contribution in [0.5, 0.6) is 0 Å². The second-order valence-corrected chi connectivity index (χ2v) is 7.37. The van der Waals surface area contributed by atoms with Gasteiger partial charge in [0.15, 0.2) is 0 Å². The number of anilines is 1. The molecule has 4 fully saturated rings. The molecule has 4 saturated carbocycles. The van der Waals surface area contributed by atoms with E-state index in [2.05, 4.69) is 15.3 Å². The average Bonchev–Trinajstić information content (AvgIpc) is 2.23. The molecule has 3 nitrogen and oxygen atoms in total. The highest BCUT2D eigenvalue weighted by Crippen LogP contribution is 2.56.